The van der Waals surface area contributed by atoms with Crippen molar-refractivity contribution in [3.63, 3.8) is 0 Å². The van der Waals surface area contributed by atoms with Gasteiger partial charge < -0.3 is 10.6 Å². The summed E-state index contributed by atoms with van der Waals surface area (Å²) < 4.78 is 13.0. The van der Waals surface area contributed by atoms with Crippen molar-refractivity contribution in [3.8, 4) is 0 Å². The van der Waals surface area contributed by atoms with Crippen LogP contribution in [0.5, 0.6) is 0 Å². The molecule has 3 nitrogen and oxygen atoms in total. The van der Waals surface area contributed by atoms with Gasteiger partial charge in [-0.2, -0.15) is 0 Å². The molecule has 0 saturated heterocycles. The van der Waals surface area contributed by atoms with E-state index in [1.54, 1.807) is 12.1 Å². The molecule has 20 heavy (non-hydrogen) atoms. The molecule has 104 valence electrons. The molecule has 0 aliphatic heterocycles. The number of hydrogen-bond acceptors (Lipinski definition) is 1. The van der Waals surface area contributed by atoms with Gasteiger partial charge in [-0.25, -0.2) is 9.18 Å². The summed E-state index contributed by atoms with van der Waals surface area (Å²) in [4.78, 5) is 11.8. The predicted octanol–water partition coefficient (Wildman–Crippen LogP) is 3.76. The van der Waals surface area contributed by atoms with Crippen molar-refractivity contribution in [2.24, 2.45) is 0 Å². The summed E-state index contributed by atoms with van der Waals surface area (Å²) >= 11 is 0. The van der Waals surface area contributed by atoms with Crippen LogP contribution in [-0.2, 0) is 6.54 Å². The van der Waals surface area contributed by atoms with E-state index in [2.05, 4.69) is 10.6 Å². The number of aryl methyl sites for hydroxylation is 2. The molecule has 0 radical (unpaired) electrons. The molecule has 2 rings (SSSR count). The quantitative estimate of drug-likeness (QED) is 0.877. The summed E-state index contributed by atoms with van der Waals surface area (Å²) in [5.74, 6) is -0.306. The van der Waals surface area contributed by atoms with Gasteiger partial charge >= 0.3 is 6.03 Å². The van der Waals surface area contributed by atoms with Crippen molar-refractivity contribution in [2.75, 3.05) is 5.32 Å². The first-order valence-corrected chi connectivity index (χ1v) is 6.41. The van der Waals surface area contributed by atoms with Gasteiger partial charge in [-0.15, -0.1) is 0 Å². The second-order valence-corrected chi connectivity index (χ2v) is 4.76. The van der Waals surface area contributed by atoms with Gasteiger partial charge in [-0.1, -0.05) is 29.8 Å². The molecule has 2 N–H and O–H groups in total. The highest BCUT2D eigenvalue weighted by atomic mass is 19.1. The summed E-state index contributed by atoms with van der Waals surface area (Å²) in [5, 5.41) is 5.48. The Morgan fingerprint density at radius 2 is 1.95 bits per heavy atom. The molecule has 0 fully saturated rings. The SMILES string of the molecule is Cc1ccc(NC(=O)NCc2cccc(F)c2)c(C)c1. The van der Waals surface area contributed by atoms with Crippen LogP contribution in [0.2, 0.25) is 0 Å². The Balaban J connectivity index is 1.92. The number of carbonyl (C=O) groups is 1. The molecule has 0 heterocycles. The van der Waals surface area contributed by atoms with Gasteiger partial charge in [0, 0.05) is 12.2 Å². The summed E-state index contributed by atoms with van der Waals surface area (Å²) in [6.07, 6.45) is 0. The molecule has 4 heteroatoms. The Hall–Kier alpha value is -2.36. The van der Waals surface area contributed by atoms with E-state index in [0.29, 0.717) is 0 Å². The monoisotopic (exact) mass is 272 g/mol. The lowest BCUT2D eigenvalue weighted by Crippen LogP contribution is -2.28. The molecule has 2 amide bonds. The normalized spacial score (nSPS) is 10.2. The molecular weight excluding hydrogens is 255 g/mol. The van der Waals surface area contributed by atoms with Crippen LogP contribution in [-0.4, -0.2) is 6.03 Å². The van der Waals surface area contributed by atoms with Crippen LogP contribution in [0.25, 0.3) is 0 Å². The highest BCUT2D eigenvalue weighted by molar-refractivity contribution is 5.90. The Kier molecular flexibility index (Phi) is 4.35. The van der Waals surface area contributed by atoms with E-state index in [1.807, 2.05) is 32.0 Å². The third kappa shape index (κ3) is 3.82. The third-order valence-electron chi connectivity index (χ3n) is 2.97. The predicted molar refractivity (Wildman–Crippen MR) is 78.2 cm³/mol. The maximum absolute atomic E-state index is 13.0. The van der Waals surface area contributed by atoms with Crippen LogP contribution in [0, 0.1) is 19.7 Å². The zero-order valence-electron chi connectivity index (χ0n) is 11.5. The zero-order chi connectivity index (χ0) is 14.5. The maximum Gasteiger partial charge on any atom is 0.319 e. The van der Waals surface area contributed by atoms with E-state index in [9.17, 15) is 9.18 Å². The first kappa shape index (κ1) is 14.1. The van der Waals surface area contributed by atoms with Crippen LogP contribution >= 0.6 is 0 Å². The number of urea groups is 1. The number of amides is 2. The van der Waals surface area contributed by atoms with E-state index in [4.69, 9.17) is 0 Å². The van der Waals surface area contributed by atoms with Crippen molar-refractivity contribution in [1.29, 1.82) is 0 Å². The molecular formula is C16H17FN2O. The maximum atomic E-state index is 13.0. The minimum Gasteiger partial charge on any atom is -0.334 e. The minimum atomic E-state index is -0.306. The number of hydrogen-bond donors (Lipinski definition) is 2. The first-order valence-electron chi connectivity index (χ1n) is 6.41. The van der Waals surface area contributed by atoms with Crippen molar-refractivity contribution in [3.05, 3.63) is 65.0 Å². The van der Waals surface area contributed by atoms with Crippen LogP contribution in [0.4, 0.5) is 14.9 Å². The van der Waals surface area contributed by atoms with Gasteiger partial charge in [0.2, 0.25) is 0 Å². The van der Waals surface area contributed by atoms with Crippen LogP contribution in [0.15, 0.2) is 42.5 Å². The van der Waals surface area contributed by atoms with Crippen molar-refractivity contribution < 1.29 is 9.18 Å². The summed E-state index contributed by atoms with van der Waals surface area (Å²) in [6.45, 7) is 4.23. The average molecular weight is 272 g/mol. The lowest BCUT2D eigenvalue weighted by molar-refractivity contribution is 0.251. The molecule has 0 atom stereocenters. The van der Waals surface area contributed by atoms with E-state index < -0.39 is 0 Å². The number of nitrogens with one attached hydrogen (secondary N) is 2. The van der Waals surface area contributed by atoms with Gasteiger partial charge in [0.1, 0.15) is 5.82 Å². The molecule has 0 aliphatic carbocycles. The van der Waals surface area contributed by atoms with Gasteiger partial charge in [-0.05, 0) is 43.2 Å². The third-order valence-corrected chi connectivity index (χ3v) is 2.97. The fourth-order valence-corrected chi connectivity index (χ4v) is 1.95. The number of carbonyl (C=O) groups excluding carboxylic acids is 1. The molecule has 2 aromatic rings. The molecule has 0 bridgehead atoms. The van der Waals surface area contributed by atoms with Crippen LogP contribution in [0.3, 0.4) is 0 Å². The van der Waals surface area contributed by atoms with Gasteiger partial charge in [-0.3, -0.25) is 0 Å². The second kappa shape index (κ2) is 6.19. The molecule has 0 saturated carbocycles. The first-order chi connectivity index (χ1) is 9.54. The number of rotatable bonds is 3. The van der Waals surface area contributed by atoms with Gasteiger partial charge in [0.15, 0.2) is 0 Å². The smallest absolute Gasteiger partial charge is 0.319 e. The Morgan fingerprint density at radius 3 is 2.65 bits per heavy atom. The summed E-state index contributed by atoms with van der Waals surface area (Å²) in [7, 11) is 0. The minimum absolute atomic E-state index is 0.286. The topological polar surface area (TPSA) is 41.1 Å². The Labute approximate surface area is 117 Å². The number of anilines is 1. The van der Waals surface area contributed by atoms with E-state index in [-0.39, 0.29) is 18.4 Å². The van der Waals surface area contributed by atoms with Crippen LogP contribution in [0.1, 0.15) is 16.7 Å². The standard InChI is InChI=1S/C16H17FN2O/c1-11-6-7-15(12(2)8-11)19-16(20)18-10-13-4-3-5-14(17)9-13/h3-9H,10H2,1-2H3,(H2,18,19,20). The summed E-state index contributed by atoms with van der Waals surface area (Å²) in [5.41, 5.74) is 3.65. The average Bonchev–Trinajstić information content (AvgIpc) is 2.40. The second-order valence-electron chi connectivity index (χ2n) is 4.76. The van der Waals surface area contributed by atoms with E-state index in [1.165, 1.54) is 12.1 Å². The lowest BCUT2D eigenvalue weighted by atomic mass is 10.1. The molecule has 0 unspecified atom stereocenters. The number of halogens is 1. The Bertz CT molecular complexity index is 626. The fraction of sp³-hybridized carbons (Fsp3) is 0.188. The highest BCUT2D eigenvalue weighted by Crippen LogP contribution is 2.15. The largest absolute Gasteiger partial charge is 0.334 e. The van der Waals surface area contributed by atoms with Gasteiger partial charge in [0.25, 0.3) is 0 Å². The van der Waals surface area contributed by atoms with Gasteiger partial charge in [0.05, 0.1) is 0 Å². The molecule has 2 aromatic carbocycles. The van der Waals surface area contributed by atoms with E-state index in [0.717, 1.165) is 22.4 Å². The number of benzene rings is 2. The zero-order valence-corrected chi connectivity index (χ0v) is 11.5. The fourth-order valence-electron chi connectivity index (χ4n) is 1.95. The van der Waals surface area contributed by atoms with Crippen molar-refractivity contribution >= 4 is 11.7 Å². The highest BCUT2D eigenvalue weighted by Gasteiger charge is 2.04. The summed E-state index contributed by atoms with van der Waals surface area (Å²) in [6, 6.07) is 11.7. The Morgan fingerprint density at radius 1 is 1.15 bits per heavy atom. The van der Waals surface area contributed by atoms with Crippen molar-refractivity contribution in [2.45, 2.75) is 20.4 Å². The van der Waals surface area contributed by atoms with Crippen molar-refractivity contribution in [1.82, 2.24) is 5.32 Å². The van der Waals surface area contributed by atoms with E-state index >= 15 is 0 Å². The molecule has 0 aromatic heterocycles. The van der Waals surface area contributed by atoms with Crippen LogP contribution < -0.4 is 10.6 Å². The lowest BCUT2D eigenvalue weighted by Gasteiger charge is -2.10. The molecule has 0 spiro atoms. The molecule has 0 aliphatic rings.